The van der Waals surface area contributed by atoms with Crippen molar-refractivity contribution in [2.75, 3.05) is 0 Å². The van der Waals surface area contributed by atoms with E-state index in [0.717, 1.165) is 22.4 Å². The second-order valence-corrected chi connectivity index (χ2v) is 10.0. The normalized spacial score (nSPS) is 18.5. The maximum Gasteiger partial charge on any atom is 0.307 e. The van der Waals surface area contributed by atoms with Gasteiger partial charge in [0.15, 0.2) is 5.82 Å². The quantitative estimate of drug-likeness (QED) is 0.376. The van der Waals surface area contributed by atoms with Crippen molar-refractivity contribution in [3.8, 4) is 5.75 Å². The Labute approximate surface area is 203 Å². The third-order valence-corrected chi connectivity index (χ3v) is 7.00. The number of halogens is 1. The lowest BCUT2D eigenvalue weighted by Crippen LogP contribution is -2.07. The zero-order chi connectivity index (χ0) is 24.9. The molecule has 1 saturated carbocycles. The lowest BCUT2D eigenvalue weighted by atomic mass is 10.1. The largest absolute Gasteiger partial charge is 0.487 e. The number of aryl methyl sites for hydroxylation is 2. The number of benzene rings is 2. The second-order valence-electron chi connectivity index (χ2n) is 10.0. The smallest absolute Gasteiger partial charge is 0.307 e. The van der Waals surface area contributed by atoms with Gasteiger partial charge in [0.05, 0.1) is 17.1 Å². The monoisotopic (exact) mass is 473 g/mol. The minimum absolute atomic E-state index is 0.209. The number of rotatable bonds is 7. The second kappa shape index (κ2) is 8.48. The van der Waals surface area contributed by atoms with Gasteiger partial charge >= 0.3 is 5.97 Å². The minimum Gasteiger partial charge on any atom is -0.487 e. The molecule has 2 atom stereocenters. The molecule has 5 rings (SSSR count). The molecule has 1 aliphatic carbocycles. The number of nitrogens with zero attached hydrogens (tertiary/aromatic N) is 3. The Morgan fingerprint density at radius 1 is 1.11 bits per heavy atom. The first kappa shape index (κ1) is 23.0. The lowest BCUT2D eigenvalue weighted by Gasteiger charge is -2.12. The van der Waals surface area contributed by atoms with Crippen LogP contribution in [-0.2, 0) is 17.9 Å². The molecular weight excluding hydrogens is 445 g/mol. The highest BCUT2D eigenvalue weighted by atomic mass is 19.1. The molecular formula is C28H28FN3O3. The van der Waals surface area contributed by atoms with E-state index in [1.807, 2.05) is 68.7 Å². The van der Waals surface area contributed by atoms with Crippen LogP contribution < -0.4 is 4.74 Å². The van der Waals surface area contributed by atoms with Crippen molar-refractivity contribution in [3.63, 3.8) is 0 Å². The average Bonchev–Trinajstić information content (AvgIpc) is 3.22. The number of carboxylic acid groups (broad SMARTS) is 1. The Kier molecular flexibility index (Phi) is 5.58. The summed E-state index contributed by atoms with van der Waals surface area (Å²) in [6, 6.07) is 15.0. The molecule has 6 nitrogen and oxygen atoms in total. The van der Waals surface area contributed by atoms with Crippen LogP contribution in [0, 0.1) is 31.0 Å². The highest BCUT2D eigenvalue weighted by Crippen LogP contribution is 2.64. The zero-order valence-corrected chi connectivity index (χ0v) is 20.2. The van der Waals surface area contributed by atoms with Gasteiger partial charge in [-0.25, -0.2) is 9.37 Å². The fourth-order valence-corrected chi connectivity index (χ4v) is 4.86. The summed E-state index contributed by atoms with van der Waals surface area (Å²) in [6.45, 7) is 8.49. The van der Waals surface area contributed by atoms with Crippen LogP contribution in [0.4, 0.5) is 4.39 Å². The van der Waals surface area contributed by atoms with E-state index in [1.54, 1.807) is 12.3 Å². The van der Waals surface area contributed by atoms with Crippen LogP contribution in [-0.4, -0.2) is 25.6 Å². The summed E-state index contributed by atoms with van der Waals surface area (Å²) in [7, 11) is 0. The fraction of sp³-hybridized carbons (Fsp3) is 0.321. The first-order valence-corrected chi connectivity index (χ1v) is 11.7. The molecule has 1 unspecified atom stereocenters. The highest BCUT2D eigenvalue weighted by Gasteiger charge is 2.64. The molecule has 1 fully saturated rings. The third-order valence-electron chi connectivity index (χ3n) is 7.00. The van der Waals surface area contributed by atoms with Crippen LogP contribution in [0.1, 0.15) is 48.0 Å². The first-order valence-electron chi connectivity index (χ1n) is 11.7. The molecule has 180 valence electrons. The average molecular weight is 474 g/mol. The van der Waals surface area contributed by atoms with E-state index in [4.69, 9.17) is 4.74 Å². The Bertz CT molecular complexity index is 1410. The Hall–Kier alpha value is -3.74. The van der Waals surface area contributed by atoms with Gasteiger partial charge in [-0.15, -0.1) is 0 Å². The van der Waals surface area contributed by atoms with Crippen molar-refractivity contribution < 1.29 is 19.0 Å². The van der Waals surface area contributed by atoms with Crippen molar-refractivity contribution >= 4 is 17.0 Å². The molecule has 2 aromatic heterocycles. The highest BCUT2D eigenvalue weighted by molar-refractivity contribution is 5.81. The number of carboxylic acids is 1. The molecule has 1 N–H and O–H groups in total. The number of hydrogen-bond acceptors (Lipinski definition) is 4. The molecule has 35 heavy (non-hydrogen) atoms. The summed E-state index contributed by atoms with van der Waals surface area (Å²) < 4.78 is 23.1. The Morgan fingerprint density at radius 3 is 2.46 bits per heavy atom. The predicted molar refractivity (Wildman–Crippen MR) is 131 cm³/mol. The topological polar surface area (TPSA) is 77.2 Å². The number of imidazole rings is 1. The number of carbonyl (C=O) groups is 1. The summed E-state index contributed by atoms with van der Waals surface area (Å²) >= 11 is 0. The molecule has 1 aliphatic rings. The van der Waals surface area contributed by atoms with Gasteiger partial charge in [-0.3, -0.25) is 9.78 Å². The molecule has 0 bridgehead atoms. The molecule has 2 heterocycles. The van der Waals surface area contributed by atoms with E-state index in [9.17, 15) is 9.90 Å². The summed E-state index contributed by atoms with van der Waals surface area (Å²) in [6.07, 6.45) is 1.77. The van der Waals surface area contributed by atoms with Crippen LogP contribution in [0.2, 0.25) is 0 Å². The van der Waals surface area contributed by atoms with Crippen molar-refractivity contribution in [1.82, 2.24) is 14.5 Å². The van der Waals surface area contributed by atoms with Gasteiger partial charge in [-0.05, 0) is 36.5 Å². The fourth-order valence-electron chi connectivity index (χ4n) is 4.86. The zero-order valence-electron chi connectivity index (χ0n) is 20.2. The molecule has 0 spiro atoms. The van der Waals surface area contributed by atoms with Gasteiger partial charge in [0.25, 0.3) is 0 Å². The molecule has 7 heteroatoms. The number of hydrogen-bond donors (Lipinski definition) is 1. The maximum atomic E-state index is 15.3. The molecule has 4 aromatic rings. The van der Waals surface area contributed by atoms with Gasteiger partial charge in [-0.2, -0.15) is 0 Å². The number of ether oxygens (including phenoxy) is 1. The lowest BCUT2D eigenvalue weighted by molar-refractivity contribution is -0.139. The molecule has 0 aliphatic heterocycles. The van der Waals surface area contributed by atoms with E-state index in [-0.39, 0.29) is 18.0 Å². The number of aliphatic carboxylic acids is 1. The maximum absolute atomic E-state index is 15.3. The van der Waals surface area contributed by atoms with Crippen molar-refractivity contribution in [2.24, 2.45) is 11.3 Å². The van der Waals surface area contributed by atoms with Crippen LogP contribution in [0.25, 0.3) is 11.0 Å². The van der Waals surface area contributed by atoms with E-state index >= 15 is 4.39 Å². The van der Waals surface area contributed by atoms with E-state index in [0.29, 0.717) is 23.6 Å². The summed E-state index contributed by atoms with van der Waals surface area (Å²) in [5.74, 6) is -1.26. The SMILES string of the molecule is Cc1ccc(Cn2c(C3[C@H](C(=O)O)C3(C)C)nc3c(F)cc(OCc4ccc(C)cn4)cc32)cc1. The van der Waals surface area contributed by atoms with Crippen LogP contribution in [0.15, 0.2) is 54.7 Å². The summed E-state index contributed by atoms with van der Waals surface area (Å²) in [4.78, 5) is 20.9. The van der Waals surface area contributed by atoms with Crippen LogP contribution in [0.5, 0.6) is 5.75 Å². The Morgan fingerprint density at radius 2 is 1.83 bits per heavy atom. The molecule has 0 saturated heterocycles. The van der Waals surface area contributed by atoms with Crippen molar-refractivity contribution in [1.29, 1.82) is 0 Å². The predicted octanol–water partition coefficient (Wildman–Crippen LogP) is 5.64. The van der Waals surface area contributed by atoms with E-state index in [1.165, 1.54) is 6.07 Å². The van der Waals surface area contributed by atoms with Crippen LogP contribution in [0.3, 0.4) is 0 Å². The summed E-state index contributed by atoms with van der Waals surface area (Å²) in [5, 5.41) is 9.76. The minimum atomic E-state index is -0.857. The first-order chi connectivity index (χ1) is 16.6. The van der Waals surface area contributed by atoms with E-state index < -0.39 is 23.1 Å². The molecule has 0 radical (unpaired) electrons. The van der Waals surface area contributed by atoms with Gasteiger partial charge in [0.1, 0.15) is 23.7 Å². The Balaban J connectivity index is 1.56. The standard InChI is InChI=1S/C28H28FN3O3/c1-16-5-8-18(9-6-16)14-32-22-12-20(35-15-19-10-7-17(2)13-30-19)11-21(29)25(22)31-26(32)23-24(27(33)34)28(23,3)4/h5-13,23-24H,14-15H2,1-4H3,(H,33,34)/t23?,24-/m1/s1. The van der Waals surface area contributed by atoms with Gasteiger partial charge < -0.3 is 14.4 Å². The van der Waals surface area contributed by atoms with Crippen molar-refractivity contribution in [2.45, 2.75) is 46.8 Å². The van der Waals surface area contributed by atoms with Gasteiger partial charge in [0.2, 0.25) is 0 Å². The van der Waals surface area contributed by atoms with E-state index in [2.05, 4.69) is 9.97 Å². The molecule has 0 amide bonds. The molecule has 2 aromatic carbocycles. The number of aromatic nitrogens is 3. The van der Waals surface area contributed by atoms with Crippen LogP contribution >= 0.6 is 0 Å². The van der Waals surface area contributed by atoms with Gasteiger partial charge in [-0.1, -0.05) is 49.7 Å². The number of fused-ring (bicyclic) bond motifs is 1. The summed E-state index contributed by atoms with van der Waals surface area (Å²) in [5.41, 5.74) is 4.30. The number of pyridine rings is 1. The van der Waals surface area contributed by atoms with Crippen molar-refractivity contribution in [3.05, 3.63) is 88.8 Å². The van der Waals surface area contributed by atoms with Gasteiger partial charge in [0, 0.05) is 30.8 Å². The third kappa shape index (κ3) is 4.27.